The van der Waals surface area contributed by atoms with Crippen molar-refractivity contribution in [2.24, 2.45) is 0 Å². The van der Waals surface area contributed by atoms with Crippen molar-refractivity contribution in [1.29, 1.82) is 0 Å². The minimum absolute atomic E-state index is 0.0938. The smallest absolute Gasteiger partial charge is 0.394 e. The molecule has 1 heterocycles. The number of halogens is 3. The molecule has 3 nitrogen and oxygen atoms in total. The van der Waals surface area contributed by atoms with E-state index < -0.39 is 11.7 Å². The summed E-state index contributed by atoms with van der Waals surface area (Å²) in [5, 5.41) is 9.77. The van der Waals surface area contributed by atoms with Gasteiger partial charge in [0, 0.05) is 25.7 Å². The van der Waals surface area contributed by atoms with Gasteiger partial charge in [-0.2, -0.15) is 13.2 Å². The second kappa shape index (κ2) is 7.64. The molecule has 2 rings (SSSR count). The lowest BCUT2D eigenvalue weighted by Crippen LogP contribution is -2.53. The fourth-order valence-electron chi connectivity index (χ4n) is 3.33. The van der Waals surface area contributed by atoms with Crippen LogP contribution >= 0.6 is 0 Å². The zero-order chi connectivity index (χ0) is 17.0. The average molecular weight is 330 g/mol. The van der Waals surface area contributed by atoms with Crippen molar-refractivity contribution in [3.8, 4) is 0 Å². The van der Waals surface area contributed by atoms with Crippen LogP contribution in [0.2, 0.25) is 0 Å². The van der Waals surface area contributed by atoms with Gasteiger partial charge in [-0.25, -0.2) is 0 Å². The van der Waals surface area contributed by atoms with Crippen molar-refractivity contribution >= 4 is 0 Å². The van der Waals surface area contributed by atoms with Crippen LogP contribution in [0.4, 0.5) is 13.2 Å². The third kappa shape index (κ3) is 4.46. The number of benzene rings is 1. The van der Waals surface area contributed by atoms with E-state index in [0.29, 0.717) is 0 Å². The Morgan fingerprint density at radius 1 is 1.22 bits per heavy atom. The van der Waals surface area contributed by atoms with Gasteiger partial charge in [0.25, 0.3) is 0 Å². The highest BCUT2D eigenvalue weighted by molar-refractivity contribution is 5.27. The minimum atomic E-state index is -4.33. The molecule has 0 amide bonds. The third-order valence-corrected chi connectivity index (χ3v) is 4.50. The molecule has 1 aliphatic rings. The zero-order valence-electron chi connectivity index (χ0n) is 13.7. The maximum absolute atomic E-state index is 12.7. The molecule has 0 aromatic heterocycles. The summed E-state index contributed by atoms with van der Waals surface area (Å²) in [6.45, 7) is 7.88. The molecule has 0 saturated carbocycles. The van der Waals surface area contributed by atoms with E-state index in [9.17, 15) is 18.3 Å². The highest BCUT2D eigenvalue weighted by Crippen LogP contribution is 2.31. The third-order valence-electron chi connectivity index (χ3n) is 4.50. The van der Waals surface area contributed by atoms with Gasteiger partial charge in [-0.3, -0.25) is 4.90 Å². The molecular weight excluding hydrogens is 305 g/mol. The quantitative estimate of drug-likeness (QED) is 0.898. The van der Waals surface area contributed by atoms with E-state index >= 15 is 0 Å². The number of hydrogen-bond acceptors (Lipinski definition) is 3. The summed E-state index contributed by atoms with van der Waals surface area (Å²) < 4.78 is 38.0. The average Bonchev–Trinajstić information content (AvgIpc) is 2.50. The SMILES string of the molecule is CCCN1CCN(C(CO)c2ccc(C(F)(F)F)cc2)C(C)C1. The van der Waals surface area contributed by atoms with Crippen LogP contribution in [0.1, 0.15) is 37.4 Å². The van der Waals surface area contributed by atoms with Crippen molar-refractivity contribution in [3.05, 3.63) is 35.4 Å². The van der Waals surface area contributed by atoms with E-state index in [2.05, 4.69) is 23.6 Å². The van der Waals surface area contributed by atoms with E-state index in [4.69, 9.17) is 0 Å². The fraction of sp³-hybridized carbons (Fsp3) is 0.647. The van der Waals surface area contributed by atoms with Crippen molar-refractivity contribution in [2.75, 3.05) is 32.8 Å². The first-order valence-corrected chi connectivity index (χ1v) is 8.13. The van der Waals surface area contributed by atoms with Gasteiger partial charge in [0.05, 0.1) is 18.2 Å². The van der Waals surface area contributed by atoms with Crippen LogP contribution in [0.25, 0.3) is 0 Å². The highest BCUT2D eigenvalue weighted by Gasteiger charge is 2.32. The van der Waals surface area contributed by atoms with Gasteiger partial charge in [0.15, 0.2) is 0 Å². The summed E-state index contributed by atoms with van der Waals surface area (Å²) in [5.74, 6) is 0. The van der Waals surface area contributed by atoms with Crippen LogP contribution < -0.4 is 0 Å². The first kappa shape index (κ1) is 18.2. The lowest BCUT2D eigenvalue weighted by atomic mass is 10.0. The normalized spacial score (nSPS) is 22.3. The summed E-state index contributed by atoms with van der Waals surface area (Å²) in [6.07, 6.45) is -3.22. The topological polar surface area (TPSA) is 26.7 Å². The van der Waals surface area contributed by atoms with Crippen LogP contribution in [0.3, 0.4) is 0 Å². The molecule has 0 bridgehead atoms. The molecule has 1 saturated heterocycles. The Bertz CT molecular complexity index is 490. The summed E-state index contributed by atoms with van der Waals surface area (Å²) in [7, 11) is 0. The first-order chi connectivity index (χ1) is 10.9. The Labute approximate surface area is 135 Å². The molecule has 0 radical (unpaired) electrons. The summed E-state index contributed by atoms with van der Waals surface area (Å²) in [4.78, 5) is 4.58. The molecule has 0 spiro atoms. The number of nitrogens with zero attached hydrogens (tertiary/aromatic N) is 2. The molecule has 1 aromatic carbocycles. The van der Waals surface area contributed by atoms with Gasteiger partial charge >= 0.3 is 6.18 Å². The largest absolute Gasteiger partial charge is 0.416 e. The molecule has 1 aromatic rings. The van der Waals surface area contributed by atoms with Gasteiger partial charge in [0.1, 0.15) is 0 Å². The van der Waals surface area contributed by atoms with Crippen molar-refractivity contribution in [3.63, 3.8) is 0 Å². The molecule has 1 N–H and O–H groups in total. The van der Waals surface area contributed by atoms with Gasteiger partial charge in [-0.05, 0) is 37.6 Å². The fourth-order valence-corrected chi connectivity index (χ4v) is 3.33. The molecule has 23 heavy (non-hydrogen) atoms. The predicted molar refractivity (Wildman–Crippen MR) is 84.2 cm³/mol. The molecule has 0 aliphatic carbocycles. The van der Waals surface area contributed by atoms with Crippen LogP contribution in [0, 0.1) is 0 Å². The van der Waals surface area contributed by atoms with Crippen LogP contribution in [-0.4, -0.2) is 53.7 Å². The number of hydrogen-bond donors (Lipinski definition) is 1. The van der Waals surface area contributed by atoms with Crippen LogP contribution in [0.5, 0.6) is 0 Å². The standard InChI is InChI=1S/C17H25F3N2O/c1-3-8-21-9-10-22(13(2)11-21)16(12-23)14-4-6-15(7-5-14)17(18,19)20/h4-7,13,16,23H,3,8-12H2,1-2H3. The lowest BCUT2D eigenvalue weighted by molar-refractivity contribution is -0.137. The molecule has 1 fully saturated rings. The molecule has 130 valence electrons. The monoisotopic (exact) mass is 330 g/mol. The maximum atomic E-state index is 12.7. The molecule has 2 atom stereocenters. The Morgan fingerprint density at radius 2 is 1.87 bits per heavy atom. The van der Waals surface area contributed by atoms with Crippen LogP contribution in [0.15, 0.2) is 24.3 Å². The van der Waals surface area contributed by atoms with Crippen molar-refractivity contribution < 1.29 is 18.3 Å². The van der Waals surface area contributed by atoms with E-state index in [1.807, 2.05) is 0 Å². The Morgan fingerprint density at radius 3 is 2.35 bits per heavy atom. The Hall–Kier alpha value is -1.11. The minimum Gasteiger partial charge on any atom is -0.394 e. The number of aliphatic hydroxyl groups excluding tert-OH is 1. The Balaban J connectivity index is 2.10. The summed E-state index contributed by atoms with van der Waals surface area (Å²) >= 11 is 0. The predicted octanol–water partition coefficient (Wildman–Crippen LogP) is 3.15. The molecule has 6 heteroatoms. The molecular formula is C17H25F3N2O. The second-order valence-electron chi connectivity index (χ2n) is 6.21. The van der Waals surface area contributed by atoms with Crippen LogP contribution in [-0.2, 0) is 6.18 Å². The summed E-state index contributed by atoms with van der Waals surface area (Å²) in [6, 6.07) is 5.15. The second-order valence-corrected chi connectivity index (χ2v) is 6.21. The Kier molecular flexibility index (Phi) is 6.06. The number of alkyl halides is 3. The van der Waals surface area contributed by atoms with Crippen molar-refractivity contribution in [2.45, 2.75) is 38.5 Å². The van der Waals surface area contributed by atoms with E-state index in [-0.39, 0.29) is 18.7 Å². The molecule has 1 aliphatic heterocycles. The maximum Gasteiger partial charge on any atom is 0.416 e. The lowest BCUT2D eigenvalue weighted by Gasteiger charge is -2.43. The van der Waals surface area contributed by atoms with Gasteiger partial charge in [0.2, 0.25) is 0 Å². The first-order valence-electron chi connectivity index (χ1n) is 8.13. The van der Waals surface area contributed by atoms with E-state index in [1.165, 1.54) is 12.1 Å². The summed E-state index contributed by atoms with van der Waals surface area (Å²) in [5.41, 5.74) is 0.0787. The van der Waals surface area contributed by atoms with Gasteiger partial charge < -0.3 is 10.0 Å². The highest BCUT2D eigenvalue weighted by atomic mass is 19.4. The number of rotatable bonds is 5. The van der Waals surface area contributed by atoms with Gasteiger partial charge in [-0.1, -0.05) is 19.1 Å². The molecule has 2 unspecified atom stereocenters. The zero-order valence-corrected chi connectivity index (χ0v) is 13.7. The van der Waals surface area contributed by atoms with E-state index in [1.54, 1.807) is 0 Å². The van der Waals surface area contributed by atoms with Gasteiger partial charge in [-0.15, -0.1) is 0 Å². The number of piperazine rings is 1. The van der Waals surface area contributed by atoms with Crippen molar-refractivity contribution in [1.82, 2.24) is 9.80 Å². The van der Waals surface area contributed by atoms with E-state index in [0.717, 1.165) is 50.3 Å². The number of aliphatic hydroxyl groups is 1.